The highest BCUT2D eigenvalue weighted by Gasteiger charge is 2.22. The number of amides is 1. The molecule has 0 aliphatic carbocycles. The molecule has 0 bridgehead atoms. The second-order valence-electron chi connectivity index (χ2n) is 6.37. The Morgan fingerprint density at radius 3 is 2.30 bits per heavy atom. The number of hydrogen-bond acceptors (Lipinski definition) is 4. The Bertz CT molecular complexity index is 819. The van der Waals surface area contributed by atoms with Crippen LogP contribution in [0.5, 0.6) is 0 Å². The first-order chi connectivity index (χ1) is 12.8. The lowest BCUT2D eigenvalue weighted by atomic mass is 10.1. The van der Waals surface area contributed by atoms with Gasteiger partial charge in [0.2, 0.25) is 5.82 Å². The van der Waals surface area contributed by atoms with E-state index in [1.165, 1.54) is 0 Å². The van der Waals surface area contributed by atoms with Crippen LogP contribution in [0.3, 0.4) is 0 Å². The van der Waals surface area contributed by atoms with E-state index < -0.39 is 0 Å². The average molecular weight is 384 g/mol. The fourth-order valence-electron chi connectivity index (χ4n) is 3.15. The fraction of sp³-hybridized carbons (Fsp3) is 0.250. The molecule has 27 heavy (non-hydrogen) atoms. The van der Waals surface area contributed by atoms with Gasteiger partial charge in [0, 0.05) is 11.6 Å². The van der Waals surface area contributed by atoms with E-state index in [-0.39, 0.29) is 30.2 Å². The lowest BCUT2D eigenvalue weighted by Gasteiger charge is -2.22. The number of carbonyl (C=O) groups excluding carboxylic acids is 1. The molecule has 7 heteroatoms. The molecule has 2 heterocycles. The second-order valence-corrected chi connectivity index (χ2v) is 6.37. The number of halogens is 1. The summed E-state index contributed by atoms with van der Waals surface area (Å²) in [7, 11) is 0. The fourth-order valence-corrected chi connectivity index (χ4v) is 3.15. The van der Waals surface area contributed by atoms with Gasteiger partial charge in [-0.1, -0.05) is 48.5 Å². The SMILES string of the molecule is Cl.O=C(NC1CCNCC1)c1nc(-c2ccccc2)n(-c2ccccc2)n1. The summed E-state index contributed by atoms with van der Waals surface area (Å²) in [4.78, 5) is 17.2. The number of hydrogen-bond donors (Lipinski definition) is 2. The molecule has 0 saturated carbocycles. The minimum atomic E-state index is -0.219. The van der Waals surface area contributed by atoms with E-state index in [0.29, 0.717) is 5.82 Å². The first-order valence-electron chi connectivity index (χ1n) is 8.91. The number of piperidine rings is 1. The molecule has 1 amide bonds. The maximum Gasteiger partial charge on any atom is 0.291 e. The quantitative estimate of drug-likeness (QED) is 0.726. The molecule has 1 aromatic heterocycles. The zero-order valence-electron chi connectivity index (χ0n) is 14.8. The van der Waals surface area contributed by atoms with Crippen LogP contribution in [-0.2, 0) is 0 Å². The van der Waals surface area contributed by atoms with Crippen LogP contribution in [0, 0.1) is 0 Å². The average Bonchev–Trinajstić information content (AvgIpc) is 3.16. The third-order valence-corrected chi connectivity index (χ3v) is 4.52. The summed E-state index contributed by atoms with van der Waals surface area (Å²) in [5, 5.41) is 10.9. The summed E-state index contributed by atoms with van der Waals surface area (Å²) in [6.45, 7) is 1.85. The summed E-state index contributed by atoms with van der Waals surface area (Å²) in [5.74, 6) is 0.641. The van der Waals surface area contributed by atoms with Crippen LogP contribution >= 0.6 is 12.4 Å². The minimum absolute atomic E-state index is 0. The van der Waals surface area contributed by atoms with Crippen LogP contribution in [0.15, 0.2) is 60.7 Å². The number of nitrogens with zero attached hydrogens (tertiary/aromatic N) is 3. The van der Waals surface area contributed by atoms with E-state index in [4.69, 9.17) is 0 Å². The van der Waals surface area contributed by atoms with Crippen molar-refractivity contribution in [2.75, 3.05) is 13.1 Å². The first kappa shape index (κ1) is 19.1. The maximum atomic E-state index is 12.7. The highest BCUT2D eigenvalue weighted by molar-refractivity contribution is 5.91. The molecular weight excluding hydrogens is 362 g/mol. The highest BCUT2D eigenvalue weighted by Crippen LogP contribution is 2.21. The van der Waals surface area contributed by atoms with Crippen molar-refractivity contribution in [2.45, 2.75) is 18.9 Å². The standard InChI is InChI=1S/C20H21N5O.ClH/c26-20(22-16-11-13-21-14-12-16)18-23-19(15-7-3-1-4-8-15)25(24-18)17-9-5-2-6-10-17;/h1-10,16,21H,11-14H2,(H,22,26);1H. The highest BCUT2D eigenvalue weighted by atomic mass is 35.5. The van der Waals surface area contributed by atoms with Gasteiger partial charge in [0.15, 0.2) is 5.82 Å². The predicted molar refractivity (Wildman–Crippen MR) is 107 cm³/mol. The zero-order valence-corrected chi connectivity index (χ0v) is 15.7. The molecule has 3 aromatic rings. The molecule has 0 atom stereocenters. The molecule has 0 unspecified atom stereocenters. The topological polar surface area (TPSA) is 71.8 Å². The number of carbonyl (C=O) groups is 1. The Hall–Kier alpha value is -2.70. The Balaban J connectivity index is 0.00000210. The lowest BCUT2D eigenvalue weighted by Crippen LogP contribution is -2.43. The molecule has 4 rings (SSSR count). The second kappa shape index (κ2) is 8.79. The van der Waals surface area contributed by atoms with E-state index in [0.717, 1.165) is 37.2 Å². The normalized spacial score (nSPS) is 14.4. The summed E-state index contributed by atoms with van der Waals surface area (Å²) in [6, 6.07) is 19.7. The van der Waals surface area contributed by atoms with Crippen molar-refractivity contribution in [3.63, 3.8) is 0 Å². The molecule has 0 radical (unpaired) electrons. The van der Waals surface area contributed by atoms with Crippen LogP contribution < -0.4 is 10.6 Å². The Labute approximate surface area is 164 Å². The van der Waals surface area contributed by atoms with Crippen molar-refractivity contribution < 1.29 is 4.79 Å². The molecule has 2 N–H and O–H groups in total. The van der Waals surface area contributed by atoms with Crippen molar-refractivity contribution in [3.05, 3.63) is 66.5 Å². The molecule has 140 valence electrons. The van der Waals surface area contributed by atoms with Crippen molar-refractivity contribution in [3.8, 4) is 17.1 Å². The largest absolute Gasteiger partial charge is 0.346 e. The number of para-hydroxylation sites is 1. The van der Waals surface area contributed by atoms with Gasteiger partial charge in [-0.15, -0.1) is 17.5 Å². The van der Waals surface area contributed by atoms with Gasteiger partial charge in [0.25, 0.3) is 5.91 Å². The van der Waals surface area contributed by atoms with Crippen molar-refractivity contribution in [1.82, 2.24) is 25.4 Å². The molecule has 6 nitrogen and oxygen atoms in total. The van der Waals surface area contributed by atoms with Gasteiger partial charge in [-0.3, -0.25) is 4.79 Å². The molecule has 1 aliphatic rings. The van der Waals surface area contributed by atoms with E-state index in [1.54, 1.807) is 4.68 Å². The van der Waals surface area contributed by atoms with Crippen molar-refractivity contribution in [2.24, 2.45) is 0 Å². The van der Waals surface area contributed by atoms with Crippen molar-refractivity contribution in [1.29, 1.82) is 0 Å². The molecule has 0 spiro atoms. The van der Waals surface area contributed by atoms with Crippen LogP contribution in [-0.4, -0.2) is 39.8 Å². The molecular formula is C20H22ClN5O. The van der Waals surface area contributed by atoms with Crippen LogP contribution in [0.4, 0.5) is 0 Å². The monoisotopic (exact) mass is 383 g/mol. The molecule has 2 aromatic carbocycles. The lowest BCUT2D eigenvalue weighted by molar-refractivity contribution is 0.0919. The molecule has 1 aliphatic heterocycles. The number of nitrogens with one attached hydrogen (secondary N) is 2. The number of benzene rings is 2. The van der Waals surface area contributed by atoms with Gasteiger partial charge in [-0.05, 0) is 38.1 Å². The van der Waals surface area contributed by atoms with E-state index in [9.17, 15) is 4.79 Å². The summed E-state index contributed by atoms with van der Waals surface area (Å²) < 4.78 is 1.73. The van der Waals surface area contributed by atoms with E-state index >= 15 is 0 Å². The Morgan fingerprint density at radius 2 is 1.63 bits per heavy atom. The summed E-state index contributed by atoms with van der Waals surface area (Å²) >= 11 is 0. The Morgan fingerprint density at radius 1 is 1.00 bits per heavy atom. The smallest absolute Gasteiger partial charge is 0.291 e. The van der Waals surface area contributed by atoms with Gasteiger partial charge >= 0.3 is 0 Å². The number of rotatable bonds is 4. The summed E-state index contributed by atoms with van der Waals surface area (Å²) in [6.07, 6.45) is 1.85. The van der Waals surface area contributed by atoms with Crippen LogP contribution in [0.1, 0.15) is 23.5 Å². The molecule has 1 fully saturated rings. The van der Waals surface area contributed by atoms with Crippen LogP contribution in [0.25, 0.3) is 17.1 Å². The zero-order chi connectivity index (χ0) is 17.8. The minimum Gasteiger partial charge on any atom is -0.346 e. The summed E-state index contributed by atoms with van der Waals surface area (Å²) in [5.41, 5.74) is 1.80. The first-order valence-corrected chi connectivity index (χ1v) is 8.91. The van der Waals surface area contributed by atoms with Gasteiger partial charge in [-0.25, -0.2) is 9.67 Å². The van der Waals surface area contributed by atoms with Gasteiger partial charge < -0.3 is 10.6 Å². The van der Waals surface area contributed by atoms with E-state index in [2.05, 4.69) is 20.7 Å². The van der Waals surface area contributed by atoms with Crippen molar-refractivity contribution >= 4 is 18.3 Å². The molecule has 1 saturated heterocycles. The maximum absolute atomic E-state index is 12.7. The third-order valence-electron chi connectivity index (χ3n) is 4.52. The predicted octanol–water partition coefficient (Wildman–Crippen LogP) is 2.84. The van der Waals surface area contributed by atoms with Gasteiger partial charge in [0.1, 0.15) is 0 Å². The Kier molecular flexibility index (Phi) is 6.21. The number of aromatic nitrogens is 3. The van der Waals surface area contributed by atoms with E-state index in [1.807, 2.05) is 60.7 Å². The van der Waals surface area contributed by atoms with Crippen LogP contribution in [0.2, 0.25) is 0 Å². The van der Waals surface area contributed by atoms with Gasteiger partial charge in [-0.2, -0.15) is 0 Å². The van der Waals surface area contributed by atoms with Gasteiger partial charge in [0.05, 0.1) is 5.69 Å². The third kappa shape index (κ3) is 4.35.